The molecule has 0 heterocycles. The van der Waals surface area contributed by atoms with Crippen LogP contribution >= 0.6 is 11.6 Å². The van der Waals surface area contributed by atoms with Crippen LogP contribution in [0.5, 0.6) is 0 Å². The van der Waals surface area contributed by atoms with E-state index in [0.717, 1.165) is 12.8 Å². The smallest absolute Gasteiger partial charge is 0.321 e. The van der Waals surface area contributed by atoms with E-state index in [2.05, 4.69) is 13.8 Å². The molecular formula is C12H21ClO2. The fourth-order valence-corrected chi connectivity index (χ4v) is 2.49. The Balaban J connectivity index is 2.53. The minimum atomic E-state index is -0.267. The zero-order valence-electron chi connectivity index (χ0n) is 9.67. The molecular weight excluding hydrogens is 212 g/mol. The highest BCUT2D eigenvalue weighted by Gasteiger charge is 2.31. The van der Waals surface area contributed by atoms with Crippen molar-refractivity contribution in [2.75, 3.05) is 5.88 Å². The van der Waals surface area contributed by atoms with Gasteiger partial charge in [-0.05, 0) is 31.1 Å². The Labute approximate surface area is 97.3 Å². The second kappa shape index (κ2) is 6.37. The fraction of sp³-hybridized carbons (Fsp3) is 0.917. The van der Waals surface area contributed by atoms with Crippen molar-refractivity contribution in [1.82, 2.24) is 0 Å². The first kappa shape index (κ1) is 12.8. The highest BCUT2D eigenvalue weighted by atomic mass is 35.5. The van der Waals surface area contributed by atoms with Crippen molar-refractivity contribution in [1.29, 1.82) is 0 Å². The summed E-state index contributed by atoms with van der Waals surface area (Å²) < 4.78 is 5.41. The number of rotatable bonds is 4. The van der Waals surface area contributed by atoms with E-state index in [1.54, 1.807) is 0 Å². The molecule has 0 aromatic heterocycles. The van der Waals surface area contributed by atoms with Crippen molar-refractivity contribution >= 4 is 17.6 Å². The van der Waals surface area contributed by atoms with Crippen LogP contribution in [-0.2, 0) is 9.53 Å². The van der Waals surface area contributed by atoms with Crippen molar-refractivity contribution in [2.24, 2.45) is 11.8 Å². The van der Waals surface area contributed by atoms with Crippen molar-refractivity contribution in [2.45, 2.75) is 52.1 Å². The van der Waals surface area contributed by atoms with E-state index in [1.807, 2.05) is 0 Å². The predicted octanol–water partition coefficient (Wildman–Crippen LogP) is 3.37. The van der Waals surface area contributed by atoms with E-state index in [1.165, 1.54) is 19.3 Å². The van der Waals surface area contributed by atoms with Gasteiger partial charge >= 0.3 is 5.97 Å². The number of alkyl halides is 1. The molecule has 0 saturated heterocycles. The summed E-state index contributed by atoms with van der Waals surface area (Å²) in [6, 6.07) is 0. The number of carbonyl (C=O) groups is 1. The number of hydrogen-bond acceptors (Lipinski definition) is 2. The Kier molecular flexibility index (Phi) is 5.44. The van der Waals surface area contributed by atoms with Crippen LogP contribution < -0.4 is 0 Å². The van der Waals surface area contributed by atoms with Crippen molar-refractivity contribution < 1.29 is 9.53 Å². The van der Waals surface area contributed by atoms with E-state index in [9.17, 15) is 4.79 Å². The summed E-state index contributed by atoms with van der Waals surface area (Å²) in [6.07, 6.45) is 5.91. The Hall–Kier alpha value is -0.240. The Morgan fingerprint density at radius 2 is 2.13 bits per heavy atom. The Bertz CT molecular complexity index is 206. The first-order chi connectivity index (χ1) is 7.19. The van der Waals surface area contributed by atoms with Gasteiger partial charge in [-0.15, -0.1) is 11.6 Å². The predicted molar refractivity (Wildman–Crippen MR) is 62.0 cm³/mol. The van der Waals surface area contributed by atoms with Gasteiger partial charge in [0.2, 0.25) is 0 Å². The number of halogens is 1. The van der Waals surface area contributed by atoms with Crippen LogP contribution in [0.25, 0.3) is 0 Å². The molecule has 0 unspecified atom stereocenters. The summed E-state index contributed by atoms with van der Waals surface area (Å²) in [6.45, 7) is 4.44. The lowest BCUT2D eigenvalue weighted by Gasteiger charge is -2.34. The van der Waals surface area contributed by atoms with Gasteiger partial charge in [0.1, 0.15) is 12.0 Å². The number of esters is 1. The van der Waals surface area contributed by atoms with Crippen molar-refractivity contribution in [3.63, 3.8) is 0 Å². The quantitative estimate of drug-likeness (QED) is 0.549. The molecule has 0 aromatic rings. The standard InChI is InChI=1S/C12H21ClO2/c1-3-9(2)10-6-4-5-7-11(10)15-12(14)8-13/h9-11H,3-8H2,1-2H3/t9-,10-,11-/m0/s1. The lowest BCUT2D eigenvalue weighted by atomic mass is 9.77. The minimum Gasteiger partial charge on any atom is -0.461 e. The van der Waals surface area contributed by atoms with Gasteiger partial charge in [-0.3, -0.25) is 4.79 Å². The third kappa shape index (κ3) is 3.67. The average Bonchev–Trinajstić information content (AvgIpc) is 2.28. The fourth-order valence-electron chi connectivity index (χ4n) is 2.43. The van der Waals surface area contributed by atoms with Gasteiger partial charge in [0.05, 0.1) is 0 Å². The molecule has 1 saturated carbocycles. The van der Waals surface area contributed by atoms with Crippen LogP contribution in [-0.4, -0.2) is 18.0 Å². The maximum Gasteiger partial charge on any atom is 0.321 e. The molecule has 1 aliphatic carbocycles. The summed E-state index contributed by atoms with van der Waals surface area (Å²) in [5, 5.41) is 0. The van der Waals surface area contributed by atoms with Gasteiger partial charge < -0.3 is 4.74 Å². The van der Waals surface area contributed by atoms with Crippen LogP contribution in [0, 0.1) is 11.8 Å². The summed E-state index contributed by atoms with van der Waals surface area (Å²) in [5.74, 6) is 0.884. The molecule has 1 aliphatic rings. The summed E-state index contributed by atoms with van der Waals surface area (Å²) in [4.78, 5) is 11.2. The van der Waals surface area contributed by atoms with E-state index >= 15 is 0 Å². The van der Waals surface area contributed by atoms with Crippen molar-refractivity contribution in [3.8, 4) is 0 Å². The largest absolute Gasteiger partial charge is 0.461 e. The summed E-state index contributed by atoms with van der Waals surface area (Å²) in [5.41, 5.74) is 0. The highest BCUT2D eigenvalue weighted by molar-refractivity contribution is 6.26. The van der Waals surface area contributed by atoms with E-state index in [0.29, 0.717) is 11.8 Å². The molecule has 0 spiro atoms. The van der Waals surface area contributed by atoms with E-state index in [4.69, 9.17) is 16.3 Å². The SMILES string of the molecule is CC[C@H](C)[C@@H]1CCCC[C@@H]1OC(=O)CCl. The molecule has 1 fully saturated rings. The van der Waals surface area contributed by atoms with Crippen LogP contribution in [0.3, 0.4) is 0 Å². The third-order valence-corrected chi connectivity index (χ3v) is 3.74. The van der Waals surface area contributed by atoms with Gasteiger partial charge in [-0.2, -0.15) is 0 Å². The van der Waals surface area contributed by atoms with E-state index in [-0.39, 0.29) is 18.0 Å². The molecule has 0 N–H and O–H groups in total. The van der Waals surface area contributed by atoms with Gasteiger partial charge in [-0.25, -0.2) is 0 Å². The van der Waals surface area contributed by atoms with Crippen LogP contribution in [0.2, 0.25) is 0 Å². The molecule has 3 atom stereocenters. The zero-order chi connectivity index (χ0) is 11.3. The molecule has 0 aliphatic heterocycles. The molecule has 0 amide bonds. The molecule has 3 heteroatoms. The van der Waals surface area contributed by atoms with Gasteiger partial charge in [0.15, 0.2) is 0 Å². The molecule has 15 heavy (non-hydrogen) atoms. The maximum absolute atomic E-state index is 11.2. The molecule has 2 nitrogen and oxygen atoms in total. The average molecular weight is 233 g/mol. The Morgan fingerprint density at radius 1 is 1.47 bits per heavy atom. The molecule has 0 bridgehead atoms. The van der Waals surface area contributed by atoms with Crippen LogP contribution in [0.1, 0.15) is 46.0 Å². The molecule has 1 rings (SSSR count). The number of hydrogen-bond donors (Lipinski definition) is 0. The van der Waals surface area contributed by atoms with Crippen LogP contribution in [0.4, 0.5) is 0 Å². The number of ether oxygens (including phenoxy) is 1. The lowest BCUT2D eigenvalue weighted by Crippen LogP contribution is -2.34. The second-order valence-electron chi connectivity index (χ2n) is 4.50. The summed E-state index contributed by atoms with van der Waals surface area (Å²) in [7, 11) is 0. The third-order valence-electron chi connectivity index (χ3n) is 3.52. The monoisotopic (exact) mass is 232 g/mol. The van der Waals surface area contributed by atoms with Gasteiger partial charge in [0, 0.05) is 0 Å². The summed E-state index contributed by atoms with van der Waals surface area (Å²) >= 11 is 5.46. The molecule has 88 valence electrons. The lowest BCUT2D eigenvalue weighted by molar-refractivity contribution is -0.151. The van der Waals surface area contributed by atoms with Gasteiger partial charge in [0.25, 0.3) is 0 Å². The first-order valence-electron chi connectivity index (χ1n) is 5.94. The van der Waals surface area contributed by atoms with Crippen molar-refractivity contribution in [3.05, 3.63) is 0 Å². The maximum atomic E-state index is 11.2. The Morgan fingerprint density at radius 3 is 2.73 bits per heavy atom. The van der Waals surface area contributed by atoms with E-state index < -0.39 is 0 Å². The molecule has 0 aromatic carbocycles. The minimum absolute atomic E-state index is 0.0241. The number of carbonyl (C=O) groups excluding carboxylic acids is 1. The second-order valence-corrected chi connectivity index (χ2v) is 4.76. The normalized spacial score (nSPS) is 28.5. The highest BCUT2D eigenvalue weighted by Crippen LogP contribution is 2.33. The van der Waals surface area contributed by atoms with Crippen LogP contribution in [0.15, 0.2) is 0 Å². The topological polar surface area (TPSA) is 26.3 Å². The molecule has 0 radical (unpaired) electrons. The van der Waals surface area contributed by atoms with Gasteiger partial charge in [-0.1, -0.05) is 26.7 Å². The first-order valence-corrected chi connectivity index (χ1v) is 6.48. The zero-order valence-corrected chi connectivity index (χ0v) is 10.4.